The van der Waals surface area contributed by atoms with E-state index in [9.17, 15) is 24.0 Å². The summed E-state index contributed by atoms with van der Waals surface area (Å²) < 4.78 is 0. The zero-order chi connectivity index (χ0) is 32.5. The number of ketones is 1. The monoisotopic (exact) mass is 621 g/mol. The van der Waals surface area contributed by atoms with E-state index in [0.717, 1.165) is 25.7 Å². The summed E-state index contributed by atoms with van der Waals surface area (Å²) in [4.78, 5) is 68.9. The molecule has 0 radical (unpaired) electrons. The quantitative estimate of drug-likeness (QED) is 0.198. The number of amides is 5. The summed E-state index contributed by atoms with van der Waals surface area (Å²) in [7, 11) is 0. The van der Waals surface area contributed by atoms with Crippen molar-refractivity contribution in [2.75, 3.05) is 13.1 Å². The Balaban J connectivity index is 1.57. The first-order chi connectivity index (χ1) is 21.6. The number of hydrogen-bond acceptors (Lipinski definition) is 5. The lowest BCUT2D eigenvalue weighted by molar-refractivity contribution is -0.144. The van der Waals surface area contributed by atoms with Gasteiger partial charge in [-0.3, -0.25) is 19.2 Å². The zero-order valence-corrected chi connectivity index (χ0v) is 27.1. The summed E-state index contributed by atoms with van der Waals surface area (Å²) in [6.07, 6.45) is 9.46. The van der Waals surface area contributed by atoms with Crippen LogP contribution in [0.4, 0.5) is 4.79 Å². The van der Waals surface area contributed by atoms with Gasteiger partial charge in [-0.1, -0.05) is 76.8 Å². The first-order valence-corrected chi connectivity index (χ1v) is 16.8. The molecule has 1 saturated carbocycles. The van der Waals surface area contributed by atoms with Gasteiger partial charge in [0.1, 0.15) is 12.1 Å². The van der Waals surface area contributed by atoms with E-state index in [-0.39, 0.29) is 42.3 Å². The minimum Gasteiger partial charge on any atom is -0.346 e. The van der Waals surface area contributed by atoms with Crippen LogP contribution < -0.4 is 21.3 Å². The van der Waals surface area contributed by atoms with Crippen molar-refractivity contribution in [1.82, 2.24) is 26.2 Å². The standard InChI is InChI=1S/C35H51N5O5/c1-5-12-28(31(41)33(43)36-18-6-2)38-32(42)30-27(22(3)4)17-19-40(30)34(44)29(25-20-23-13-10-11-14-24(23)21-25)39-35(45)37-26-15-8-7-9-16-26/h6,10-11,13-14,22,25-30H,2,5,7-9,12,15-21H2,1,3-4H3,(H,36,43)(H,38,42)(H2,37,39,45)/t27-,28?,29+,30+/m1/s1. The second-order valence-corrected chi connectivity index (χ2v) is 13.3. The van der Waals surface area contributed by atoms with Gasteiger partial charge >= 0.3 is 6.03 Å². The molecule has 0 aromatic heterocycles. The molecule has 246 valence electrons. The SMILES string of the molecule is C=CCNC(=O)C(=O)C(CCC)NC(=O)[C@@H]1[C@@H](C(C)C)CCN1C(=O)[C@@H](NC(=O)NC1CCCCC1)C1Cc2ccccc2C1. The number of nitrogens with zero attached hydrogens (tertiary/aromatic N) is 1. The number of rotatable bonds is 13. The molecule has 10 nitrogen and oxygen atoms in total. The lowest BCUT2D eigenvalue weighted by Gasteiger charge is -2.34. The van der Waals surface area contributed by atoms with Gasteiger partial charge in [0.05, 0.1) is 6.04 Å². The highest BCUT2D eigenvalue weighted by molar-refractivity contribution is 6.38. The number of nitrogens with one attached hydrogen (secondary N) is 4. The highest BCUT2D eigenvalue weighted by atomic mass is 16.2. The van der Waals surface area contributed by atoms with E-state index < -0.39 is 35.7 Å². The molecule has 45 heavy (non-hydrogen) atoms. The van der Waals surface area contributed by atoms with E-state index >= 15 is 0 Å². The van der Waals surface area contributed by atoms with Crippen LogP contribution in [0.2, 0.25) is 0 Å². The molecular weight excluding hydrogens is 570 g/mol. The third kappa shape index (κ3) is 8.52. The van der Waals surface area contributed by atoms with Crippen LogP contribution in [0, 0.1) is 17.8 Å². The van der Waals surface area contributed by atoms with E-state index in [1.807, 2.05) is 32.9 Å². The normalized spacial score (nSPS) is 21.5. The summed E-state index contributed by atoms with van der Waals surface area (Å²) >= 11 is 0. The van der Waals surface area contributed by atoms with Crippen molar-refractivity contribution in [1.29, 1.82) is 0 Å². The van der Waals surface area contributed by atoms with Crippen molar-refractivity contribution in [2.24, 2.45) is 17.8 Å². The molecule has 0 spiro atoms. The lowest BCUT2D eigenvalue weighted by Crippen LogP contribution is -2.60. The van der Waals surface area contributed by atoms with Crippen LogP contribution in [-0.4, -0.2) is 71.7 Å². The van der Waals surface area contributed by atoms with Gasteiger partial charge in [0.25, 0.3) is 5.91 Å². The van der Waals surface area contributed by atoms with Crippen LogP contribution in [0.1, 0.15) is 83.3 Å². The number of urea groups is 1. The van der Waals surface area contributed by atoms with Gasteiger partial charge in [-0.2, -0.15) is 0 Å². The minimum absolute atomic E-state index is 0.0858. The second kappa shape index (κ2) is 16.0. The van der Waals surface area contributed by atoms with Crippen LogP contribution in [0.5, 0.6) is 0 Å². The summed E-state index contributed by atoms with van der Waals surface area (Å²) in [5.74, 6) is -2.42. The first-order valence-electron chi connectivity index (χ1n) is 16.8. The number of fused-ring (bicyclic) bond motifs is 1. The van der Waals surface area contributed by atoms with Gasteiger partial charge in [0.15, 0.2) is 0 Å². The fraction of sp³-hybridized carbons (Fsp3) is 0.629. The Morgan fingerprint density at radius 3 is 2.24 bits per heavy atom. The smallest absolute Gasteiger partial charge is 0.315 e. The van der Waals surface area contributed by atoms with Crippen LogP contribution in [0.15, 0.2) is 36.9 Å². The van der Waals surface area contributed by atoms with Crippen molar-refractivity contribution < 1.29 is 24.0 Å². The van der Waals surface area contributed by atoms with E-state index in [1.165, 1.54) is 23.6 Å². The van der Waals surface area contributed by atoms with Gasteiger partial charge in [-0.25, -0.2) is 4.79 Å². The molecule has 4 rings (SSSR count). The summed E-state index contributed by atoms with van der Waals surface area (Å²) in [5, 5.41) is 11.5. The minimum atomic E-state index is -1.00. The average molecular weight is 622 g/mol. The average Bonchev–Trinajstić information content (AvgIpc) is 3.67. The maximum Gasteiger partial charge on any atom is 0.315 e. The zero-order valence-electron chi connectivity index (χ0n) is 27.1. The van der Waals surface area contributed by atoms with Crippen LogP contribution in [0.3, 0.4) is 0 Å². The van der Waals surface area contributed by atoms with Crippen LogP contribution in [-0.2, 0) is 32.0 Å². The molecule has 1 aromatic rings. The van der Waals surface area contributed by atoms with E-state index in [2.05, 4.69) is 40.0 Å². The molecule has 1 heterocycles. The number of benzene rings is 1. The van der Waals surface area contributed by atoms with Crippen molar-refractivity contribution >= 4 is 29.5 Å². The number of carbonyl (C=O) groups is 5. The molecule has 4 atom stereocenters. The van der Waals surface area contributed by atoms with Gasteiger partial charge in [0.2, 0.25) is 17.6 Å². The molecule has 5 amide bonds. The highest BCUT2D eigenvalue weighted by Crippen LogP contribution is 2.34. The third-order valence-electron chi connectivity index (χ3n) is 9.74. The number of hydrogen-bond donors (Lipinski definition) is 4. The Morgan fingerprint density at radius 1 is 0.978 bits per heavy atom. The summed E-state index contributed by atoms with van der Waals surface area (Å²) in [6.45, 7) is 10.0. The van der Waals surface area contributed by atoms with Crippen LogP contribution in [0.25, 0.3) is 0 Å². The third-order valence-corrected chi connectivity index (χ3v) is 9.74. The predicted molar refractivity (Wildman–Crippen MR) is 173 cm³/mol. The molecule has 1 unspecified atom stereocenters. The summed E-state index contributed by atoms with van der Waals surface area (Å²) in [6, 6.07) is 5.19. The Kier molecular flexibility index (Phi) is 12.2. The van der Waals surface area contributed by atoms with E-state index in [0.29, 0.717) is 38.6 Å². The molecule has 10 heteroatoms. The molecule has 0 bridgehead atoms. The molecule has 1 aromatic carbocycles. The van der Waals surface area contributed by atoms with Crippen molar-refractivity contribution in [3.63, 3.8) is 0 Å². The van der Waals surface area contributed by atoms with E-state index in [4.69, 9.17) is 0 Å². The topological polar surface area (TPSA) is 137 Å². The Bertz CT molecular complexity index is 1220. The molecule has 1 saturated heterocycles. The molecule has 1 aliphatic heterocycles. The summed E-state index contributed by atoms with van der Waals surface area (Å²) in [5.41, 5.74) is 2.34. The lowest BCUT2D eigenvalue weighted by atomic mass is 9.87. The van der Waals surface area contributed by atoms with Crippen molar-refractivity contribution in [3.8, 4) is 0 Å². The molecule has 4 N–H and O–H groups in total. The molecule has 2 fully saturated rings. The second-order valence-electron chi connectivity index (χ2n) is 13.3. The molecule has 3 aliphatic rings. The van der Waals surface area contributed by atoms with Gasteiger partial charge in [0, 0.05) is 19.1 Å². The molecule has 2 aliphatic carbocycles. The van der Waals surface area contributed by atoms with Crippen molar-refractivity contribution in [2.45, 2.75) is 109 Å². The van der Waals surface area contributed by atoms with Gasteiger partial charge in [-0.05, 0) is 67.4 Å². The maximum absolute atomic E-state index is 14.5. The largest absolute Gasteiger partial charge is 0.346 e. The fourth-order valence-corrected chi connectivity index (χ4v) is 7.33. The Morgan fingerprint density at radius 2 is 1.64 bits per heavy atom. The van der Waals surface area contributed by atoms with Gasteiger partial charge < -0.3 is 26.2 Å². The fourth-order valence-electron chi connectivity index (χ4n) is 7.33. The predicted octanol–water partition coefficient (Wildman–Crippen LogP) is 3.43. The number of Topliss-reactive ketones (excluding diaryl/α,β-unsaturated/α-hetero) is 1. The highest BCUT2D eigenvalue weighted by Gasteiger charge is 2.47. The maximum atomic E-state index is 14.5. The number of likely N-dealkylation sites (tertiary alicyclic amines) is 1. The van der Waals surface area contributed by atoms with Crippen molar-refractivity contribution in [3.05, 3.63) is 48.0 Å². The van der Waals surface area contributed by atoms with Crippen LogP contribution >= 0.6 is 0 Å². The Labute approximate surface area is 267 Å². The number of carbonyl (C=O) groups excluding carboxylic acids is 5. The first kappa shape index (κ1) is 34.2. The van der Waals surface area contributed by atoms with Gasteiger partial charge in [-0.15, -0.1) is 6.58 Å². The van der Waals surface area contributed by atoms with E-state index in [1.54, 1.807) is 4.90 Å². The molecular formula is C35H51N5O5. The Hall–Kier alpha value is -3.69.